The van der Waals surface area contributed by atoms with E-state index >= 15 is 0 Å². The topological polar surface area (TPSA) is 111 Å². The summed E-state index contributed by atoms with van der Waals surface area (Å²) in [6.45, 7) is 4.15. The first-order valence-electron chi connectivity index (χ1n) is 29.7. The second-order valence-corrected chi connectivity index (χ2v) is 22.8. The molecule has 10 heteroatoms. The maximum atomic E-state index is 12.7. The third-order valence-electron chi connectivity index (χ3n) is 13.2. The van der Waals surface area contributed by atoms with Crippen LogP contribution >= 0.6 is 7.82 Å². The molecule has 412 valence electrons. The smallest absolute Gasteiger partial charge is 0.306 e. The van der Waals surface area contributed by atoms with Gasteiger partial charge >= 0.3 is 11.9 Å². The summed E-state index contributed by atoms with van der Waals surface area (Å²) in [6, 6.07) is 0. The molecule has 0 bridgehead atoms. The molecule has 0 spiro atoms. The zero-order valence-corrected chi connectivity index (χ0v) is 47.6. The lowest BCUT2D eigenvalue weighted by atomic mass is 10.0. The molecule has 0 aliphatic heterocycles. The minimum atomic E-state index is -4.61. The average molecular weight is 1010 g/mol. The average Bonchev–Trinajstić information content (AvgIpc) is 3.32. The van der Waals surface area contributed by atoms with Gasteiger partial charge in [0.2, 0.25) is 0 Å². The molecule has 0 saturated carbocycles. The van der Waals surface area contributed by atoms with Crippen molar-refractivity contribution in [1.29, 1.82) is 0 Å². The van der Waals surface area contributed by atoms with Gasteiger partial charge in [0.1, 0.15) is 19.8 Å². The number of allylic oxidation sites excluding steroid dienone is 6. The van der Waals surface area contributed by atoms with Gasteiger partial charge < -0.3 is 27.9 Å². The van der Waals surface area contributed by atoms with Gasteiger partial charge in [0.15, 0.2) is 6.10 Å². The molecule has 0 aliphatic rings. The number of esters is 2. The van der Waals surface area contributed by atoms with Gasteiger partial charge in [0.05, 0.1) is 27.7 Å². The zero-order valence-electron chi connectivity index (χ0n) is 46.7. The van der Waals surface area contributed by atoms with Crippen LogP contribution in [0.1, 0.15) is 284 Å². The number of nitrogens with zero attached hydrogens (tertiary/aromatic N) is 1. The van der Waals surface area contributed by atoms with Crippen LogP contribution in [0.5, 0.6) is 0 Å². The summed E-state index contributed by atoms with van der Waals surface area (Å²) in [5.74, 6) is -0.836. The van der Waals surface area contributed by atoms with Crippen LogP contribution in [0.2, 0.25) is 0 Å². The number of hydrogen-bond donors (Lipinski definition) is 0. The van der Waals surface area contributed by atoms with Gasteiger partial charge in [-0.2, -0.15) is 0 Å². The number of carbonyl (C=O) groups excluding carboxylic acids is 2. The Morgan fingerprint density at radius 2 is 0.771 bits per heavy atom. The molecule has 0 amide bonds. The van der Waals surface area contributed by atoms with E-state index in [0.717, 1.165) is 57.8 Å². The van der Waals surface area contributed by atoms with E-state index < -0.39 is 32.5 Å². The largest absolute Gasteiger partial charge is 0.756 e. The quantitative estimate of drug-likeness (QED) is 0.0195. The van der Waals surface area contributed by atoms with Gasteiger partial charge in [-0.1, -0.05) is 256 Å². The van der Waals surface area contributed by atoms with Gasteiger partial charge in [-0.05, 0) is 51.4 Å². The fourth-order valence-electron chi connectivity index (χ4n) is 8.55. The zero-order chi connectivity index (χ0) is 51.3. The minimum absolute atomic E-state index is 0.0281. The van der Waals surface area contributed by atoms with E-state index in [4.69, 9.17) is 18.5 Å². The lowest BCUT2D eigenvalue weighted by Crippen LogP contribution is -2.37. The molecule has 70 heavy (non-hydrogen) atoms. The Bertz CT molecular complexity index is 1280. The second kappa shape index (κ2) is 52.1. The van der Waals surface area contributed by atoms with Crippen molar-refractivity contribution < 1.29 is 42.1 Å². The molecular weight excluding hydrogens is 894 g/mol. The summed E-state index contributed by atoms with van der Waals surface area (Å²) in [4.78, 5) is 37.3. The summed E-state index contributed by atoms with van der Waals surface area (Å²) in [5, 5.41) is 0. The van der Waals surface area contributed by atoms with Crippen LogP contribution in [0.3, 0.4) is 0 Å². The number of rotatable bonds is 55. The fourth-order valence-corrected chi connectivity index (χ4v) is 9.28. The molecule has 2 unspecified atom stereocenters. The Labute approximate surface area is 433 Å². The molecule has 0 radical (unpaired) electrons. The van der Waals surface area contributed by atoms with Gasteiger partial charge in [-0.25, -0.2) is 0 Å². The molecule has 0 rings (SSSR count). The number of phosphoric acid groups is 1. The number of ether oxygens (including phenoxy) is 2. The van der Waals surface area contributed by atoms with Crippen molar-refractivity contribution in [3.8, 4) is 0 Å². The molecular formula is C60H114NO8P. The Morgan fingerprint density at radius 3 is 1.14 bits per heavy atom. The molecule has 0 aromatic carbocycles. The van der Waals surface area contributed by atoms with Crippen LogP contribution < -0.4 is 4.89 Å². The molecule has 0 heterocycles. The lowest BCUT2D eigenvalue weighted by molar-refractivity contribution is -0.870. The Balaban J connectivity index is 3.69. The molecule has 2 atom stereocenters. The van der Waals surface area contributed by atoms with E-state index in [1.54, 1.807) is 0 Å². The van der Waals surface area contributed by atoms with Crippen LogP contribution in [0.4, 0.5) is 0 Å². The van der Waals surface area contributed by atoms with E-state index in [-0.39, 0.29) is 26.1 Å². The number of unbranched alkanes of at least 4 members (excludes halogenated alkanes) is 35. The van der Waals surface area contributed by atoms with Crippen molar-refractivity contribution in [1.82, 2.24) is 0 Å². The molecule has 0 saturated heterocycles. The van der Waals surface area contributed by atoms with Crippen molar-refractivity contribution in [2.24, 2.45) is 0 Å². The first-order chi connectivity index (χ1) is 34.0. The normalized spacial score (nSPS) is 13.5. The maximum absolute atomic E-state index is 12.7. The summed E-state index contributed by atoms with van der Waals surface area (Å²) in [5.41, 5.74) is 0. The van der Waals surface area contributed by atoms with Crippen LogP contribution in [0.25, 0.3) is 0 Å². The van der Waals surface area contributed by atoms with Gasteiger partial charge in [-0.3, -0.25) is 14.2 Å². The van der Waals surface area contributed by atoms with Crippen LogP contribution in [0.15, 0.2) is 36.5 Å². The molecule has 0 aromatic heterocycles. The number of quaternary nitrogens is 1. The maximum Gasteiger partial charge on any atom is 0.306 e. The van der Waals surface area contributed by atoms with Crippen molar-refractivity contribution in [2.75, 3.05) is 47.5 Å². The first-order valence-corrected chi connectivity index (χ1v) is 31.2. The summed E-state index contributed by atoms with van der Waals surface area (Å²) in [7, 11) is 1.18. The highest BCUT2D eigenvalue weighted by atomic mass is 31.2. The fraction of sp³-hybridized carbons (Fsp3) is 0.867. The lowest BCUT2D eigenvalue weighted by Gasteiger charge is -2.28. The minimum Gasteiger partial charge on any atom is -0.756 e. The van der Waals surface area contributed by atoms with E-state index in [1.807, 2.05) is 21.1 Å². The van der Waals surface area contributed by atoms with Crippen molar-refractivity contribution in [2.45, 2.75) is 290 Å². The van der Waals surface area contributed by atoms with Gasteiger partial charge in [0.25, 0.3) is 7.82 Å². The number of phosphoric ester groups is 1. The number of likely N-dealkylation sites (N-methyl/N-ethyl adjacent to an activating group) is 1. The van der Waals surface area contributed by atoms with Gasteiger partial charge in [0, 0.05) is 12.8 Å². The van der Waals surface area contributed by atoms with E-state index in [2.05, 4.69) is 50.3 Å². The number of hydrogen-bond acceptors (Lipinski definition) is 8. The predicted octanol–water partition coefficient (Wildman–Crippen LogP) is 17.7. The van der Waals surface area contributed by atoms with Crippen LogP contribution in [-0.2, 0) is 32.7 Å². The van der Waals surface area contributed by atoms with Crippen molar-refractivity contribution >= 4 is 19.8 Å². The highest BCUT2D eigenvalue weighted by Crippen LogP contribution is 2.38. The summed E-state index contributed by atoms with van der Waals surface area (Å²) in [6.07, 6.45) is 64.4. The number of carbonyl (C=O) groups is 2. The molecule has 0 N–H and O–H groups in total. The molecule has 0 aromatic rings. The van der Waals surface area contributed by atoms with Crippen molar-refractivity contribution in [3.63, 3.8) is 0 Å². The van der Waals surface area contributed by atoms with E-state index in [9.17, 15) is 19.0 Å². The van der Waals surface area contributed by atoms with Gasteiger partial charge in [-0.15, -0.1) is 0 Å². The predicted molar refractivity (Wildman–Crippen MR) is 296 cm³/mol. The Morgan fingerprint density at radius 1 is 0.443 bits per heavy atom. The van der Waals surface area contributed by atoms with Crippen LogP contribution in [0, 0.1) is 0 Å². The second-order valence-electron chi connectivity index (χ2n) is 21.4. The van der Waals surface area contributed by atoms with Crippen molar-refractivity contribution in [3.05, 3.63) is 36.5 Å². The van der Waals surface area contributed by atoms with E-state index in [1.165, 1.54) is 193 Å². The molecule has 9 nitrogen and oxygen atoms in total. The monoisotopic (exact) mass is 1010 g/mol. The van der Waals surface area contributed by atoms with Crippen LogP contribution in [-0.4, -0.2) is 70.0 Å². The highest BCUT2D eigenvalue weighted by Gasteiger charge is 2.22. The third kappa shape index (κ3) is 55.5. The summed E-state index contributed by atoms with van der Waals surface area (Å²) < 4.78 is 33.8. The molecule has 0 fully saturated rings. The first kappa shape index (κ1) is 68.2. The Hall–Kier alpha value is -1.77. The standard InChI is InChI=1S/C60H114NO8P/c1-6-8-10-12-13-14-15-16-17-18-19-20-21-22-23-24-25-26-27-28-29-30-31-32-33-34-35-36-37-38-39-40-41-42-43-44-45-46-47-49-51-53-60(63)69-58(56-66-59(62)52-50-48-11-9-7-2)57-68-70(64,65)67-55-54-61(3,4)5/h15-16,18-19,21-22,58H,6-14,17,20,23-57H2,1-5H3/b16-15-,19-18-,22-21-. The SMILES string of the molecule is CCCCCCC/C=C\C/C=C\C/C=C\CCCCCCCCCCCCCCCCCCCCCCCCCCCCC(=O)OC(COC(=O)CCCCCCC)COP(=O)([O-])OCC[N+](C)(C)C. The third-order valence-corrected chi connectivity index (χ3v) is 14.1. The molecule has 0 aliphatic carbocycles. The summed E-state index contributed by atoms with van der Waals surface area (Å²) >= 11 is 0. The Kier molecular flexibility index (Phi) is 50.8. The van der Waals surface area contributed by atoms with E-state index in [0.29, 0.717) is 17.4 Å². The highest BCUT2D eigenvalue weighted by molar-refractivity contribution is 7.45.